The van der Waals surface area contributed by atoms with Crippen LogP contribution in [0.1, 0.15) is 45.4 Å². The summed E-state index contributed by atoms with van der Waals surface area (Å²) in [5.74, 6) is 0.694. The summed E-state index contributed by atoms with van der Waals surface area (Å²) in [7, 11) is 0. The van der Waals surface area contributed by atoms with Gasteiger partial charge in [-0.05, 0) is 31.6 Å². The normalized spacial score (nSPS) is 24.7. The highest BCUT2D eigenvalue weighted by atomic mass is 19.4. The molecule has 1 N–H and O–H groups in total. The number of amides is 1. The van der Waals surface area contributed by atoms with Crippen LogP contribution in [0.25, 0.3) is 0 Å². The van der Waals surface area contributed by atoms with Crippen molar-refractivity contribution in [2.24, 2.45) is 5.92 Å². The number of nitrogens with one attached hydrogen (secondary N) is 1. The van der Waals surface area contributed by atoms with Gasteiger partial charge in [0.25, 0.3) is 0 Å². The van der Waals surface area contributed by atoms with Crippen molar-refractivity contribution < 1.29 is 22.7 Å². The standard InChI is InChI=1S/C12H20F3NO2/c1-2-3-9-4-6-10(7-5-9)16-11(17)18-8-12(13,14)15/h9-10H,2-8H2,1H3,(H,16,17). The maximum Gasteiger partial charge on any atom is 0.422 e. The van der Waals surface area contributed by atoms with Gasteiger partial charge in [0.1, 0.15) is 0 Å². The predicted molar refractivity (Wildman–Crippen MR) is 61.2 cm³/mol. The average Bonchev–Trinajstić information content (AvgIpc) is 2.29. The second-order valence-electron chi connectivity index (χ2n) is 4.84. The van der Waals surface area contributed by atoms with E-state index in [2.05, 4.69) is 17.0 Å². The SMILES string of the molecule is CCCC1CCC(NC(=O)OCC(F)(F)F)CC1. The van der Waals surface area contributed by atoms with Gasteiger partial charge in [-0.2, -0.15) is 13.2 Å². The van der Waals surface area contributed by atoms with E-state index in [0.29, 0.717) is 5.92 Å². The van der Waals surface area contributed by atoms with E-state index in [9.17, 15) is 18.0 Å². The Balaban J connectivity index is 2.18. The molecule has 0 unspecified atom stereocenters. The highest BCUT2D eigenvalue weighted by Crippen LogP contribution is 2.27. The Morgan fingerprint density at radius 2 is 1.89 bits per heavy atom. The molecule has 0 atom stereocenters. The summed E-state index contributed by atoms with van der Waals surface area (Å²) in [4.78, 5) is 11.1. The van der Waals surface area contributed by atoms with Crippen molar-refractivity contribution in [1.29, 1.82) is 0 Å². The van der Waals surface area contributed by atoms with Crippen LogP contribution in [0.5, 0.6) is 0 Å². The zero-order chi connectivity index (χ0) is 13.6. The van der Waals surface area contributed by atoms with Crippen LogP contribution in [-0.2, 0) is 4.74 Å². The Hall–Kier alpha value is -0.940. The van der Waals surface area contributed by atoms with Crippen LogP contribution >= 0.6 is 0 Å². The van der Waals surface area contributed by atoms with Crippen LogP contribution in [0.15, 0.2) is 0 Å². The third-order valence-electron chi connectivity index (χ3n) is 3.23. The van der Waals surface area contributed by atoms with Crippen LogP contribution in [0.4, 0.5) is 18.0 Å². The van der Waals surface area contributed by atoms with Crippen LogP contribution < -0.4 is 5.32 Å². The van der Waals surface area contributed by atoms with E-state index >= 15 is 0 Å². The van der Waals surface area contributed by atoms with Crippen molar-refractivity contribution in [1.82, 2.24) is 5.32 Å². The molecule has 18 heavy (non-hydrogen) atoms. The quantitative estimate of drug-likeness (QED) is 0.844. The number of carbonyl (C=O) groups excluding carboxylic acids is 1. The Morgan fingerprint density at radius 1 is 1.28 bits per heavy atom. The number of carbonyl (C=O) groups is 1. The molecule has 0 spiro atoms. The molecule has 0 aliphatic heterocycles. The molecule has 0 radical (unpaired) electrons. The minimum atomic E-state index is -4.46. The zero-order valence-corrected chi connectivity index (χ0v) is 10.6. The minimum Gasteiger partial charge on any atom is -0.440 e. The Kier molecular flexibility index (Phi) is 5.75. The number of alkyl halides is 3. The highest BCUT2D eigenvalue weighted by Gasteiger charge is 2.30. The monoisotopic (exact) mass is 267 g/mol. The van der Waals surface area contributed by atoms with E-state index in [0.717, 1.165) is 32.1 Å². The molecule has 0 heterocycles. The minimum absolute atomic E-state index is 0.0427. The van der Waals surface area contributed by atoms with Crippen molar-refractivity contribution in [3.8, 4) is 0 Å². The molecule has 0 saturated heterocycles. The third-order valence-corrected chi connectivity index (χ3v) is 3.23. The topological polar surface area (TPSA) is 38.3 Å². The lowest BCUT2D eigenvalue weighted by Crippen LogP contribution is -2.39. The van der Waals surface area contributed by atoms with Gasteiger partial charge >= 0.3 is 12.3 Å². The first-order valence-corrected chi connectivity index (χ1v) is 6.40. The molecule has 0 bridgehead atoms. The molecule has 0 aromatic carbocycles. The molecule has 1 saturated carbocycles. The molecule has 1 aliphatic carbocycles. The molecule has 1 rings (SSSR count). The predicted octanol–water partition coefficient (Wildman–Crippen LogP) is 3.63. The molecule has 0 aromatic heterocycles. The summed E-state index contributed by atoms with van der Waals surface area (Å²) in [6, 6.07) is -0.0427. The second kappa shape index (κ2) is 6.85. The number of hydrogen-bond donors (Lipinski definition) is 1. The fraction of sp³-hybridized carbons (Fsp3) is 0.917. The van der Waals surface area contributed by atoms with Crippen LogP contribution in [-0.4, -0.2) is 24.9 Å². The summed E-state index contributed by atoms with van der Waals surface area (Å²) in [5, 5.41) is 2.49. The molecular weight excluding hydrogens is 247 g/mol. The number of alkyl carbamates (subject to hydrolysis) is 1. The van der Waals surface area contributed by atoms with Gasteiger partial charge in [0.2, 0.25) is 0 Å². The number of halogens is 3. The molecular formula is C12H20F3NO2. The summed E-state index contributed by atoms with van der Waals surface area (Å²) in [5.41, 5.74) is 0. The fourth-order valence-electron chi connectivity index (χ4n) is 2.36. The van der Waals surface area contributed by atoms with Gasteiger partial charge in [0.15, 0.2) is 6.61 Å². The number of rotatable bonds is 4. The van der Waals surface area contributed by atoms with Gasteiger partial charge < -0.3 is 10.1 Å². The molecule has 3 nitrogen and oxygen atoms in total. The first kappa shape index (κ1) is 15.1. The van der Waals surface area contributed by atoms with Crippen molar-refractivity contribution >= 4 is 6.09 Å². The first-order valence-electron chi connectivity index (χ1n) is 6.40. The van der Waals surface area contributed by atoms with Crippen LogP contribution in [0.2, 0.25) is 0 Å². The molecule has 1 aliphatic rings. The lowest BCUT2D eigenvalue weighted by molar-refractivity contribution is -0.160. The van der Waals surface area contributed by atoms with Crippen molar-refractivity contribution in [3.05, 3.63) is 0 Å². The molecule has 6 heteroatoms. The maximum atomic E-state index is 11.8. The molecule has 1 amide bonds. The van der Waals surface area contributed by atoms with Gasteiger partial charge in [-0.15, -0.1) is 0 Å². The van der Waals surface area contributed by atoms with Crippen LogP contribution in [0.3, 0.4) is 0 Å². The maximum absolute atomic E-state index is 11.8. The Bertz CT molecular complexity index is 261. The lowest BCUT2D eigenvalue weighted by Gasteiger charge is -2.28. The zero-order valence-electron chi connectivity index (χ0n) is 10.6. The van der Waals surface area contributed by atoms with Gasteiger partial charge in [-0.25, -0.2) is 4.79 Å². The molecule has 106 valence electrons. The van der Waals surface area contributed by atoms with Gasteiger partial charge in [0.05, 0.1) is 0 Å². The van der Waals surface area contributed by atoms with Crippen molar-refractivity contribution in [2.75, 3.05) is 6.61 Å². The third kappa shape index (κ3) is 6.12. The molecule has 1 fully saturated rings. The van der Waals surface area contributed by atoms with Gasteiger partial charge in [0, 0.05) is 6.04 Å². The van der Waals surface area contributed by atoms with E-state index in [1.165, 1.54) is 6.42 Å². The van der Waals surface area contributed by atoms with Gasteiger partial charge in [-0.1, -0.05) is 19.8 Å². The lowest BCUT2D eigenvalue weighted by atomic mass is 9.83. The number of hydrogen-bond acceptors (Lipinski definition) is 2. The summed E-state index contributed by atoms with van der Waals surface area (Å²) in [6.45, 7) is 0.614. The average molecular weight is 267 g/mol. The van der Waals surface area contributed by atoms with Crippen molar-refractivity contribution in [2.45, 2.75) is 57.7 Å². The first-order chi connectivity index (χ1) is 8.40. The van der Waals surface area contributed by atoms with E-state index in [1.807, 2.05) is 0 Å². The number of ether oxygens (including phenoxy) is 1. The van der Waals surface area contributed by atoms with E-state index in [1.54, 1.807) is 0 Å². The van der Waals surface area contributed by atoms with Crippen LogP contribution in [0, 0.1) is 5.92 Å². The van der Waals surface area contributed by atoms with Crippen molar-refractivity contribution in [3.63, 3.8) is 0 Å². The van der Waals surface area contributed by atoms with E-state index < -0.39 is 18.9 Å². The highest BCUT2D eigenvalue weighted by molar-refractivity contribution is 5.67. The Morgan fingerprint density at radius 3 is 2.39 bits per heavy atom. The largest absolute Gasteiger partial charge is 0.440 e. The summed E-state index contributed by atoms with van der Waals surface area (Å²) in [6.07, 6.45) is 0.608. The Labute approximate surface area is 105 Å². The van der Waals surface area contributed by atoms with Gasteiger partial charge in [-0.3, -0.25) is 0 Å². The summed E-state index contributed by atoms with van der Waals surface area (Å²) < 4.78 is 39.6. The van der Waals surface area contributed by atoms with E-state index in [4.69, 9.17) is 0 Å². The molecule has 0 aromatic rings. The summed E-state index contributed by atoms with van der Waals surface area (Å²) >= 11 is 0. The fourth-order valence-corrected chi connectivity index (χ4v) is 2.36. The second-order valence-corrected chi connectivity index (χ2v) is 4.84. The smallest absolute Gasteiger partial charge is 0.422 e. The van der Waals surface area contributed by atoms with E-state index in [-0.39, 0.29) is 6.04 Å².